The number of aromatic amines is 1. The molecule has 0 aliphatic rings. The number of rotatable bonds is 10. The summed E-state index contributed by atoms with van der Waals surface area (Å²) < 4.78 is 30.8. The van der Waals surface area contributed by atoms with Crippen molar-refractivity contribution in [3.63, 3.8) is 0 Å². The molecule has 0 saturated carbocycles. The van der Waals surface area contributed by atoms with Crippen molar-refractivity contribution < 1.29 is 17.9 Å². The van der Waals surface area contributed by atoms with Crippen molar-refractivity contribution in [3.8, 4) is 5.75 Å². The number of carbonyl (C=O) groups excluding carboxylic acids is 1. The number of thioether (sulfide) groups is 1. The number of H-pyrrole nitrogens is 1. The number of nitrogens with zero attached hydrogens (tertiary/aromatic N) is 1. The van der Waals surface area contributed by atoms with Crippen LogP contribution in [0.25, 0.3) is 0 Å². The van der Waals surface area contributed by atoms with E-state index in [1.54, 1.807) is 43.5 Å². The Morgan fingerprint density at radius 3 is 2.42 bits per heavy atom. The lowest BCUT2D eigenvalue weighted by Gasteiger charge is -2.07. The van der Waals surface area contributed by atoms with Crippen LogP contribution in [0.1, 0.15) is 25.3 Å². The van der Waals surface area contributed by atoms with Gasteiger partial charge in [-0.05, 0) is 54.8 Å². The summed E-state index contributed by atoms with van der Waals surface area (Å²) in [6.07, 6.45) is 3.97. The van der Waals surface area contributed by atoms with E-state index >= 15 is 0 Å². The molecule has 3 rings (SSSR count). The van der Waals surface area contributed by atoms with E-state index in [0.29, 0.717) is 11.4 Å². The molecule has 0 bridgehead atoms. The molecule has 0 aliphatic carbocycles. The zero-order chi connectivity index (χ0) is 23.8. The van der Waals surface area contributed by atoms with Crippen LogP contribution in [0.5, 0.6) is 5.75 Å². The van der Waals surface area contributed by atoms with Crippen molar-refractivity contribution >= 4 is 33.2 Å². The lowest BCUT2D eigenvalue weighted by Crippen LogP contribution is -2.20. The van der Waals surface area contributed by atoms with Gasteiger partial charge in [0.1, 0.15) is 5.75 Å². The number of aromatic nitrogens is 2. The van der Waals surface area contributed by atoms with Crippen molar-refractivity contribution in [2.45, 2.75) is 41.1 Å². The van der Waals surface area contributed by atoms with Gasteiger partial charge in [0.15, 0.2) is 10.1 Å². The number of unbranched alkanes of at least 4 members (excludes halogenated alkanes) is 1. The molecule has 10 heteroatoms. The molecule has 33 heavy (non-hydrogen) atoms. The molecule has 1 amide bonds. The van der Waals surface area contributed by atoms with Gasteiger partial charge in [-0.1, -0.05) is 37.2 Å². The number of ether oxygens (including phenoxy) is 1. The third-order valence-electron chi connectivity index (χ3n) is 4.80. The Bertz CT molecular complexity index is 1250. The Hall–Kier alpha value is -3.11. The zero-order valence-corrected chi connectivity index (χ0v) is 20.0. The molecule has 0 radical (unpaired) electrons. The van der Waals surface area contributed by atoms with Gasteiger partial charge in [0.25, 0.3) is 5.56 Å². The van der Waals surface area contributed by atoms with E-state index in [1.807, 2.05) is 0 Å². The quantitative estimate of drug-likeness (QED) is 0.331. The van der Waals surface area contributed by atoms with Crippen LogP contribution in [0.3, 0.4) is 0 Å². The molecule has 1 heterocycles. The van der Waals surface area contributed by atoms with Gasteiger partial charge in [-0.2, -0.15) is 0 Å². The highest BCUT2D eigenvalue weighted by molar-refractivity contribution is 7.99. The standard InChI is InChI=1S/C23H25N3O5S2/c1-3-4-5-16-6-12-19(13-7-16)33(29,30)20-14-24-23(26-22(20)28)32-15-21(27)25-17-8-10-18(31-2)11-9-17/h6-14H,3-5,15H2,1-2H3,(H,25,27)(H,24,26,28). The highest BCUT2D eigenvalue weighted by atomic mass is 32.2. The van der Waals surface area contributed by atoms with E-state index < -0.39 is 20.3 Å². The van der Waals surface area contributed by atoms with Gasteiger partial charge >= 0.3 is 0 Å². The van der Waals surface area contributed by atoms with Gasteiger partial charge in [-0.25, -0.2) is 13.4 Å². The molecule has 0 aliphatic heterocycles. The molecule has 2 aromatic carbocycles. The smallest absolute Gasteiger partial charge is 0.270 e. The first-order valence-corrected chi connectivity index (χ1v) is 12.8. The lowest BCUT2D eigenvalue weighted by atomic mass is 10.1. The van der Waals surface area contributed by atoms with Crippen molar-refractivity contribution in [1.29, 1.82) is 0 Å². The van der Waals surface area contributed by atoms with Crippen LogP contribution >= 0.6 is 11.8 Å². The molecular formula is C23H25N3O5S2. The number of amides is 1. The zero-order valence-electron chi connectivity index (χ0n) is 18.3. The fourth-order valence-electron chi connectivity index (χ4n) is 2.98. The maximum atomic E-state index is 12.9. The SMILES string of the molecule is CCCCc1ccc(S(=O)(=O)c2cnc(SCC(=O)Nc3ccc(OC)cc3)[nH]c2=O)cc1. The molecule has 174 valence electrons. The number of sulfone groups is 1. The highest BCUT2D eigenvalue weighted by Crippen LogP contribution is 2.20. The number of hydrogen-bond acceptors (Lipinski definition) is 7. The molecule has 3 aromatic rings. The van der Waals surface area contributed by atoms with Crippen LogP contribution < -0.4 is 15.6 Å². The summed E-state index contributed by atoms with van der Waals surface area (Å²) in [6.45, 7) is 2.09. The Morgan fingerprint density at radius 1 is 1.12 bits per heavy atom. The normalized spacial score (nSPS) is 11.2. The number of aryl methyl sites for hydroxylation is 1. The van der Waals surface area contributed by atoms with Crippen LogP contribution in [0.15, 0.2) is 74.5 Å². The van der Waals surface area contributed by atoms with E-state index in [9.17, 15) is 18.0 Å². The van der Waals surface area contributed by atoms with Gasteiger partial charge in [-0.3, -0.25) is 9.59 Å². The summed E-state index contributed by atoms with van der Waals surface area (Å²) in [7, 11) is -2.45. The molecule has 0 spiro atoms. The fraction of sp³-hybridized carbons (Fsp3) is 0.261. The van der Waals surface area contributed by atoms with Crippen LogP contribution in [-0.4, -0.2) is 37.2 Å². The molecule has 2 N–H and O–H groups in total. The number of nitrogens with one attached hydrogen (secondary N) is 2. The molecule has 0 fully saturated rings. The van der Waals surface area contributed by atoms with E-state index in [4.69, 9.17) is 4.74 Å². The second kappa shape index (κ2) is 11.2. The predicted octanol–water partition coefficient (Wildman–Crippen LogP) is 3.68. The second-order valence-electron chi connectivity index (χ2n) is 7.20. The third-order valence-corrected chi connectivity index (χ3v) is 7.45. The molecule has 0 unspecified atom stereocenters. The van der Waals surface area contributed by atoms with E-state index in [2.05, 4.69) is 22.2 Å². The van der Waals surface area contributed by atoms with Crippen LogP contribution in [0.4, 0.5) is 5.69 Å². The van der Waals surface area contributed by atoms with Gasteiger partial charge in [0.05, 0.1) is 24.0 Å². The predicted molar refractivity (Wildman–Crippen MR) is 128 cm³/mol. The van der Waals surface area contributed by atoms with Crippen LogP contribution in [0, 0.1) is 0 Å². The largest absolute Gasteiger partial charge is 0.497 e. The van der Waals surface area contributed by atoms with Crippen molar-refractivity contribution in [3.05, 3.63) is 70.6 Å². The highest BCUT2D eigenvalue weighted by Gasteiger charge is 2.22. The number of carbonyl (C=O) groups is 1. The number of hydrogen-bond donors (Lipinski definition) is 2. The maximum absolute atomic E-state index is 12.9. The van der Waals surface area contributed by atoms with E-state index in [-0.39, 0.29) is 21.7 Å². The van der Waals surface area contributed by atoms with E-state index in [1.165, 1.54) is 12.1 Å². The maximum Gasteiger partial charge on any atom is 0.270 e. The monoisotopic (exact) mass is 487 g/mol. The van der Waals surface area contributed by atoms with Crippen molar-refractivity contribution in [1.82, 2.24) is 9.97 Å². The Morgan fingerprint density at radius 2 is 1.82 bits per heavy atom. The summed E-state index contributed by atoms with van der Waals surface area (Å²) in [6, 6.07) is 13.4. The number of anilines is 1. The summed E-state index contributed by atoms with van der Waals surface area (Å²) >= 11 is 0.996. The first kappa shape index (κ1) is 24.5. The van der Waals surface area contributed by atoms with Crippen molar-refractivity contribution in [2.24, 2.45) is 0 Å². The number of methoxy groups -OCH3 is 1. The Kier molecular flexibility index (Phi) is 8.29. The van der Waals surface area contributed by atoms with Gasteiger partial charge in [-0.15, -0.1) is 0 Å². The van der Waals surface area contributed by atoms with Crippen LogP contribution in [0.2, 0.25) is 0 Å². The minimum atomic E-state index is -4.01. The molecule has 0 atom stereocenters. The van der Waals surface area contributed by atoms with Crippen molar-refractivity contribution in [2.75, 3.05) is 18.2 Å². The topological polar surface area (TPSA) is 118 Å². The first-order valence-electron chi connectivity index (χ1n) is 10.3. The minimum Gasteiger partial charge on any atom is -0.497 e. The minimum absolute atomic E-state index is 0.0136. The summed E-state index contributed by atoms with van der Waals surface area (Å²) in [5.74, 6) is 0.361. The second-order valence-corrected chi connectivity index (χ2v) is 10.1. The lowest BCUT2D eigenvalue weighted by molar-refractivity contribution is -0.113. The fourth-order valence-corrected chi connectivity index (χ4v) is 4.85. The third kappa shape index (κ3) is 6.45. The number of benzene rings is 2. The van der Waals surface area contributed by atoms with Gasteiger partial charge < -0.3 is 15.0 Å². The summed E-state index contributed by atoms with van der Waals surface area (Å²) in [5, 5.41) is 2.87. The molecule has 0 saturated heterocycles. The summed E-state index contributed by atoms with van der Waals surface area (Å²) in [5.41, 5.74) is 0.866. The summed E-state index contributed by atoms with van der Waals surface area (Å²) in [4.78, 5) is 30.7. The molecular weight excluding hydrogens is 462 g/mol. The average molecular weight is 488 g/mol. The van der Waals surface area contributed by atoms with Gasteiger partial charge in [0.2, 0.25) is 15.7 Å². The van der Waals surface area contributed by atoms with E-state index in [0.717, 1.165) is 42.8 Å². The Balaban J connectivity index is 1.65. The average Bonchev–Trinajstić information content (AvgIpc) is 2.82. The Labute approximate surface area is 196 Å². The molecule has 1 aromatic heterocycles. The van der Waals surface area contributed by atoms with Crippen LogP contribution in [-0.2, 0) is 21.1 Å². The molecule has 8 nitrogen and oxygen atoms in total. The van der Waals surface area contributed by atoms with Gasteiger partial charge in [0, 0.05) is 5.69 Å². The first-order chi connectivity index (χ1) is 15.8.